The molecule has 0 aliphatic rings. The number of hydrogen-bond donors (Lipinski definition) is 2. The van der Waals surface area contributed by atoms with E-state index in [-0.39, 0.29) is 6.61 Å². The fourth-order valence-corrected chi connectivity index (χ4v) is 2.06. The van der Waals surface area contributed by atoms with Gasteiger partial charge in [0, 0.05) is 29.5 Å². The topological polar surface area (TPSA) is 63.1 Å². The van der Waals surface area contributed by atoms with Crippen LogP contribution in [0.2, 0.25) is 0 Å². The average molecular weight is 257 g/mol. The zero-order chi connectivity index (χ0) is 13.1. The molecule has 2 aromatic heterocycles. The molecule has 2 N–H and O–H groups in total. The predicted molar refractivity (Wildman–Crippen MR) is 72.0 cm³/mol. The van der Waals surface area contributed by atoms with Gasteiger partial charge in [0.2, 0.25) is 0 Å². The number of aromatic amines is 1. The van der Waals surface area contributed by atoms with Gasteiger partial charge in [0.25, 0.3) is 0 Å². The lowest BCUT2D eigenvalue weighted by Crippen LogP contribution is -2.23. The molecular weight excluding hydrogens is 242 g/mol. The van der Waals surface area contributed by atoms with Gasteiger partial charge in [0.05, 0.1) is 12.9 Å². The molecule has 2 heterocycles. The highest BCUT2D eigenvalue weighted by Gasteiger charge is 2.08. The van der Waals surface area contributed by atoms with Crippen molar-refractivity contribution in [2.24, 2.45) is 0 Å². The van der Waals surface area contributed by atoms with Crippen molar-refractivity contribution in [3.63, 3.8) is 0 Å². The Morgan fingerprint density at radius 3 is 3.16 bits per heavy atom. The molecule has 19 heavy (non-hydrogen) atoms. The number of imidazole rings is 1. The maximum Gasteiger partial charge on any atom is 0.128 e. The number of H-pyrrole nitrogens is 1. The van der Waals surface area contributed by atoms with Gasteiger partial charge in [-0.15, -0.1) is 0 Å². The summed E-state index contributed by atoms with van der Waals surface area (Å²) in [6.45, 7) is 0.728. The Morgan fingerprint density at radius 2 is 2.32 bits per heavy atom. The average Bonchev–Trinajstić information content (AvgIpc) is 3.06. The quantitative estimate of drug-likeness (QED) is 0.732. The van der Waals surface area contributed by atoms with Crippen LogP contribution in [0.15, 0.2) is 49.2 Å². The van der Waals surface area contributed by atoms with Crippen LogP contribution in [0, 0.1) is 0 Å². The molecule has 0 radical (unpaired) electrons. The Labute approximate surface area is 110 Å². The molecule has 3 aromatic rings. The summed E-state index contributed by atoms with van der Waals surface area (Å²) in [7, 11) is 0. The molecule has 0 bridgehead atoms. The van der Waals surface area contributed by atoms with Gasteiger partial charge >= 0.3 is 0 Å². The summed E-state index contributed by atoms with van der Waals surface area (Å²) in [6.07, 6.45) is 6.49. The third kappa shape index (κ3) is 2.61. The first-order chi connectivity index (χ1) is 9.33. The van der Waals surface area contributed by atoms with Gasteiger partial charge in [-0.1, -0.05) is 6.07 Å². The third-order valence-electron chi connectivity index (χ3n) is 2.97. The molecule has 1 aromatic carbocycles. The first-order valence-electron chi connectivity index (χ1n) is 6.15. The highest BCUT2D eigenvalue weighted by atomic mass is 16.5. The third-order valence-corrected chi connectivity index (χ3v) is 2.97. The first kappa shape index (κ1) is 11.8. The van der Waals surface area contributed by atoms with Crippen molar-refractivity contribution >= 4 is 10.9 Å². The summed E-state index contributed by atoms with van der Waals surface area (Å²) in [6, 6.07) is 7.79. The summed E-state index contributed by atoms with van der Waals surface area (Å²) in [5.41, 5.74) is 1.03. The van der Waals surface area contributed by atoms with E-state index in [1.165, 1.54) is 0 Å². The van der Waals surface area contributed by atoms with Crippen molar-refractivity contribution < 1.29 is 9.84 Å². The highest BCUT2D eigenvalue weighted by Crippen LogP contribution is 2.24. The molecule has 0 amide bonds. The van der Waals surface area contributed by atoms with E-state index >= 15 is 0 Å². The van der Waals surface area contributed by atoms with Crippen LogP contribution in [-0.4, -0.2) is 32.4 Å². The van der Waals surface area contributed by atoms with Crippen molar-refractivity contribution in [3.8, 4) is 5.75 Å². The van der Waals surface area contributed by atoms with Crippen LogP contribution in [0.25, 0.3) is 10.9 Å². The van der Waals surface area contributed by atoms with Gasteiger partial charge in [-0.2, -0.15) is 0 Å². The van der Waals surface area contributed by atoms with Crippen LogP contribution in [0.5, 0.6) is 5.75 Å². The van der Waals surface area contributed by atoms with Gasteiger partial charge in [0.15, 0.2) is 0 Å². The molecule has 0 spiro atoms. The fraction of sp³-hybridized carbons (Fsp3) is 0.214. The SMILES string of the molecule is OC(COc1cccc2[nH]ccc12)Cn1ccnc1. The van der Waals surface area contributed by atoms with E-state index in [0.29, 0.717) is 6.54 Å². The smallest absolute Gasteiger partial charge is 0.128 e. The molecule has 5 nitrogen and oxygen atoms in total. The van der Waals surface area contributed by atoms with Gasteiger partial charge in [0.1, 0.15) is 18.5 Å². The van der Waals surface area contributed by atoms with Crippen LogP contribution >= 0.6 is 0 Å². The molecule has 0 saturated carbocycles. The van der Waals surface area contributed by atoms with Crippen LogP contribution in [0.4, 0.5) is 0 Å². The largest absolute Gasteiger partial charge is 0.490 e. The minimum atomic E-state index is -0.566. The molecule has 1 atom stereocenters. The highest BCUT2D eigenvalue weighted by molar-refractivity contribution is 5.85. The van der Waals surface area contributed by atoms with Crippen molar-refractivity contribution in [1.82, 2.24) is 14.5 Å². The van der Waals surface area contributed by atoms with E-state index in [0.717, 1.165) is 16.7 Å². The number of fused-ring (bicyclic) bond motifs is 1. The lowest BCUT2D eigenvalue weighted by atomic mass is 10.2. The lowest BCUT2D eigenvalue weighted by Gasteiger charge is -2.13. The van der Waals surface area contributed by atoms with Crippen LogP contribution in [0.1, 0.15) is 0 Å². The number of aliphatic hydroxyl groups is 1. The number of nitrogens with one attached hydrogen (secondary N) is 1. The second-order valence-electron chi connectivity index (χ2n) is 4.42. The number of benzene rings is 1. The summed E-state index contributed by atoms with van der Waals surface area (Å²) < 4.78 is 7.51. The minimum absolute atomic E-state index is 0.252. The summed E-state index contributed by atoms with van der Waals surface area (Å²) in [5, 5.41) is 10.9. The molecular formula is C14H15N3O2. The van der Waals surface area contributed by atoms with Crippen molar-refractivity contribution in [3.05, 3.63) is 49.2 Å². The van der Waals surface area contributed by atoms with Crippen LogP contribution in [0.3, 0.4) is 0 Å². The first-order valence-corrected chi connectivity index (χ1v) is 6.15. The second kappa shape index (κ2) is 5.16. The number of hydrogen-bond acceptors (Lipinski definition) is 3. The zero-order valence-corrected chi connectivity index (χ0v) is 10.4. The second-order valence-corrected chi connectivity index (χ2v) is 4.42. The van der Waals surface area contributed by atoms with Gasteiger partial charge in [-0.25, -0.2) is 4.98 Å². The molecule has 1 unspecified atom stereocenters. The summed E-state index contributed by atoms with van der Waals surface area (Å²) in [4.78, 5) is 7.06. The Hall–Kier alpha value is -2.27. The Balaban J connectivity index is 1.64. The zero-order valence-electron chi connectivity index (χ0n) is 10.4. The molecule has 3 rings (SSSR count). The van der Waals surface area contributed by atoms with E-state index in [4.69, 9.17) is 4.74 Å². The number of aromatic nitrogens is 3. The lowest BCUT2D eigenvalue weighted by molar-refractivity contribution is 0.0932. The van der Waals surface area contributed by atoms with E-state index in [9.17, 15) is 5.11 Å². The minimum Gasteiger partial charge on any atom is -0.490 e. The predicted octanol–water partition coefficient (Wildman–Crippen LogP) is 1.80. The number of ether oxygens (including phenoxy) is 1. The number of nitrogens with zero attached hydrogens (tertiary/aromatic N) is 2. The van der Waals surface area contributed by atoms with Crippen molar-refractivity contribution in [1.29, 1.82) is 0 Å². The normalized spacial score (nSPS) is 12.7. The van der Waals surface area contributed by atoms with Crippen molar-refractivity contribution in [2.75, 3.05) is 6.61 Å². The van der Waals surface area contributed by atoms with Crippen LogP contribution < -0.4 is 4.74 Å². The Kier molecular flexibility index (Phi) is 3.20. The molecule has 0 aliphatic heterocycles. The molecule has 5 heteroatoms. The molecule has 98 valence electrons. The van der Waals surface area contributed by atoms with E-state index in [2.05, 4.69) is 9.97 Å². The summed E-state index contributed by atoms with van der Waals surface area (Å²) >= 11 is 0. The maximum atomic E-state index is 9.92. The van der Waals surface area contributed by atoms with E-state index in [1.54, 1.807) is 12.5 Å². The number of rotatable bonds is 5. The van der Waals surface area contributed by atoms with Crippen molar-refractivity contribution in [2.45, 2.75) is 12.6 Å². The maximum absolute atomic E-state index is 9.92. The van der Waals surface area contributed by atoms with Crippen LogP contribution in [-0.2, 0) is 6.54 Å². The summed E-state index contributed by atoms with van der Waals surface area (Å²) in [5.74, 6) is 0.781. The molecule has 0 aliphatic carbocycles. The standard InChI is InChI=1S/C14H15N3O2/c18-11(8-17-7-6-15-10-17)9-19-14-3-1-2-13-12(14)4-5-16-13/h1-7,10-11,16,18H,8-9H2. The van der Waals surface area contributed by atoms with E-state index < -0.39 is 6.10 Å². The monoisotopic (exact) mass is 257 g/mol. The molecule has 0 saturated heterocycles. The molecule has 0 fully saturated rings. The number of aliphatic hydroxyl groups excluding tert-OH is 1. The van der Waals surface area contributed by atoms with E-state index in [1.807, 2.05) is 41.2 Å². The van der Waals surface area contributed by atoms with Gasteiger partial charge in [-0.3, -0.25) is 0 Å². The fourth-order valence-electron chi connectivity index (χ4n) is 2.06. The van der Waals surface area contributed by atoms with Gasteiger partial charge in [-0.05, 0) is 18.2 Å². The Morgan fingerprint density at radius 1 is 1.37 bits per heavy atom. The van der Waals surface area contributed by atoms with Gasteiger partial charge < -0.3 is 19.4 Å². The Bertz CT molecular complexity index is 646.